The molecule has 160 valence electrons. The summed E-state index contributed by atoms with van der Waals surface area (Å²) >= 11 is 0. The van der Waals surface area contributed by atoms with Crippen LogP contribution in [-0.2, 0) is 19.2 Å². The molecule has 0 fully saturated rings. The molecular weight excluding hydrogens is 435 g/mol. The Hall–Kier alpha value is -3.10. The third kappa shape index (κ3) is 8.93. The number of hydrogen-bond donors (Lipinski definition) is 0. The smallest absolute Gasteiger partial charge is 0.558 e. The average Bonchev–Trinajstić information content (AvgIpc) is 2.71. The van der Waals surface area contributed by atoms with E-state index in [2.05, 4.69) is 23.0 Å². The van der Waals surface area contributed by atoms with Gasteiger partial charge in [0.05, 0.1) is 10.5 Å². The van der Waals surface area contributed by atoms with Crippen LogP contribution in [0.5, 0.6) is 5.75 Å². The SMILES string of the molecule is CCCC.O=[N+]([O-])c1ccc(OS(=O)(=O)C(=[N+]=Cc2ccccc2)O[P+](=O)[O-])cc1. The minimum atomic E-state index is -4.73. The highest BCUT2D eigenvalue weighted by atomic mass is 32.2. The summed E-state index contributed by atoms with van der Waals surface area (Å²) in [7, 11) is -8.30. The molecule has 0 radical (unpaired) electrons. The Morgan fingerprint density at radius 1 is 1.10 bits per heavy atom. The molecule has 10 nitrogen and oxygen atoms in total. The third-order valence-corrected chi connectivity index (χ3v) is 4.71. The molecule has 2 aromatic carbocycles. The maximum atomic E-state index is 12.2. The van der Waals surface area contributed by atoms with Gasteiger partial charge in [-0.2, -0.15) is 12.9 Å². The third-order valence-electron chi connectivity index (χ3n) is 3.24. The van der Waals surface area contributed by atoms with Crippen molar-refractivity contribution in [3.05, 3.63) is 70.3 Å². The molecule has 0 heterocycles. The van der Waals surface area contributed by atoms with E-state index in [1.807, 2.05) is 0 Å². The predicted molar refractivity (Wildman–Crippen MR) is 111 cm³/mol. The van der Waals surface area contributed by atoms with Crippen molar-refractivity contribution in [3.8, 4) is 5.75 Å². The lowest BCUT2D eigenvalue weighted by Gasteiger charge is -2.00. The number of nitrogens with zero attached hydrogens (tertiary/aromatic N) is 2. The van der Waals surface area contributed by atoms with Crippen molar-refractivity contribution in [2.75, 3.05) is 0 Å². The zero-order valence-corrected chi connectivity index (χ0v) is 17.9. The summed E-state index contributed by atoms with van der Waals surface area (Å²) in [6, 6.07) is 12.4. The van der Waals surface area contributed by atoms with Crippen LogP contribution in [0, 0.1) is 10.1 Å². The molecule has 0 saturated carbocycles. The Kier molecular flexibility index (Phi) is 10.4. The van der Waals surface area contributed by atoms with Gasteiger partial charge in [0.25, 0.3) is 5.69 Å². The van der Waals surface area contributed by atoms with Crippen molar-refractivity contribution in [2.45, 2.75) is 26.7 Å². The van der Waals surface area contributed by atoms with Crippen LogP contribution in [0.3, 0.4) is 0 Å². The van der Waals surface area contributed by atoms with Gasteiger partial charge < -0.3 is 9.08 Å². The number of non-ortho nitro benzene ring substituents is 1. The van der Waals surface area contributed by atoms with Gasteiger partial charge in [-0.1, -0.05) is 44.9 Å². The summed E-state index contributed by atoms with van der Waals surface area (Å²) in [6.45, 7) is 4.36. The van der Waals surface area contributed by atoms with Crippen LogP contribution in [0.4, 0.5) is 5.69 Å². The molecular formula is C18H20N2O8PS+. The molecule has 0 amide bonds. The predicted octanol–water partition coefficient (Wildman–Crippen LogP) is 2.69. The van der Waals surface area contributed by atoms with Crippen LogP contribution >= 0.6 is 8.25 Å². The molecule has 2 rings (SSSR count). The Balaban J connectivity index is 0.00000103. The molecule has 1 atom stereocenters. The molecule has 2 aromatic rings. The van der Waals surface area contributed by atoms with E-state index in [1.165, 1.54) is 12.8 Å². The topological polar surface area (TPSA) is 150 Å². The van der Waals surface area contributed by atoms with E-state index in [9.17, 15) is 28.0 Å². The first-order valence-electron chi connectivity index (χ1n) is 8.67. The van der Waals surface area contributed by atoms with E-state index in [0.29, 0.717) is 5.56 Å². The molecule has 12 heteroatoms. The van der Waals surface area contributed by atoms with Gasteiger partial charge in [-0.15, -0.1) is 0 Å². The first kappa shape index (κ1) is 24.9. The minimum Gasteiger partial charge on any atom is -0.558 e. The zero-order chi connectivity index (χ0) is 22.6. The lowest BCUT2D eigenvalue weighted by molar-refractivity contribution is -0.384. The largest absolute Gasteiger partial charge is 0.663 e. The highest BCUT2D eigenvalue weighted by Crippen LogP contribution is 2.20. The van der Waals surface area contributed by atoms with Crippen molar-refractivity contribution in [2.24, 2.45) is 0 Å². The number of nitro groups is 1. The lowest BCUT2D eigenvalue weighted by Crippen LogP contribution is -2.25. The fourth-order valence-corrected chi connectivity index (χ4v) is 2.99. The summed E-state index contributed by atoms with van der Waals surface area (Å²) in [5.41, 5.74) is 0.209. The van der Waals surface area contributed by atoms with Gasteiger partial charge in [0, 0.05) is 12.1 Å². The summed E-state index contributed by atoms with van der Waals surface area (Å²) in [5.74, 6) is -0.285. The number of hydrogen-bond acceptors (Lipinski definition) is 8. The lowest BCUT2D eigenvalue weighted by atomic mass is 10.2. The van der Waals surface area contributed by atoms with Crippen molar-refractivity contribution in [1.82, 2.24) is 4.67 Å². The van der Waals surface area contributed by atoms with Gasteiger partial charge >= 0.3 is 29.8 Å². The summed E-state index contributed by atoms with van der Waals surface area (Å²) in [4.78, 5) is 20.7. The van der Waals surface area contributed by atoms with Crippen LogP contribution in [0.2, 0.25) is 0 Å². The molecule has 0 bridgehead atoms. The summed E-state index contributed by atoms with van der Waals surface area (Å²) < 4.78 is 47.5. The monoisotopic (exact) mass is 455 g/mol. The number of nitro benzene ring substituents is 1. The first-order valence-corrected chi connectivity index (χ1v) is 11.2. The molecule has 0 aliphatic rings. The van der Waals surface area contributed by atoms with Crippen molar-refractivity contribution < 1.29 is 31.5 Å². The first-order chi connectivity index (χ1) is 14.2. The average molecular weight is 455 g/mol. The zero-order valence-electron chi connectivity index (χ0n) is 16.2. The quantitative estimate of drug-likeness (QED) is 0.123. The summed E-state index contributed by atoms with van der Waals surface area (Å²) in [5, 5.41) is 9.38. The van der Waals surface area contributed by atoms with Gasteiger partial charge in [0.2, 0.25) is 0 Å². The van der Waals surface area contributed by atoms with Gasteiger partial charge in [0.1, 0.15) is 5.75 Å². The number of rotatable bonds is 6. The second-order valence-electron chi connectivity index (χ2n) is 5.54. The molecule has 0 aliphatic carbocycles. The van der Waals surface area contributed by atoms with E-state index in [1.54, 1.807) is 30.3 Å². The number of unbranched alkanes of at least 4 members (excludes halogenated alkanes) is 1. The Morgan fingerprint density at radius 3 is 2.13 bits per heavy atom. The van der Waals surface area contributed by atoms with Gasteiger partial charge in [-0.25, -0.2) is 0 Å². The van der Waals surface area contributed by atoms with Crippen molar-refractivity contribution in [3.63, 3.8) is 0 Å². The van der Waals surface area contributed by atoms with E-state index < -0.39 is 28.5 Å². The van der Waals surface area contributed by atoms with Crippen LogP contribution in [-0.4, -0.2) is 24.8 Å². The van der Waals surface area contributed by atoms with Crippen LogP contribution in [0.25, 0.3) is 0 Å². The minimum absolute atomic E-state index is 0.278. The molecule has 0 N–H and O–H groups in total. The fraction of sp³-hybridized carbons (Fsp3) is 0.222. The van der Waals surface area contributed by atoms with E-state index in [-0.39, 0.29) is 11.4 Å². The maximum absolute atomic E-state index is 12.2. The van der Waals surface area contributed by atoms with Crippen LogP contribution in [0.1, 0.15) is 32.3 Å². The van der Waals surface area contributed by atoms with E-state index in [0.717, 1.165) is 30.5 Å². The molecule has 0 aromatic heterocycles. The van der Waals surface area contributed by atoms with E-state index >= 15 is 0 Å². The Labute approximate surface area is 174 Å². The fourth-order valence-electron chi connectivity index (χ4n) is 1.65. The standard InChI is InChI=1S/C14H10N2O8PS.C4H10/c17-16(18)12-6-8-13(9-7-12)24-26(21,22)14(23-25(19)20)15-10-11-4-2-1-3-5-11;1-3-4-2/h1-10H;3-4H2,1-2H3/q+1;. The van der Waals surface area contributed by atoms with Gasteiger partial charge in [-0.3, -0.25) is 10.1 Å². The van der Waals surface area contributed by atoms with Crippen molar-refractivity contribution >= 4 is 35.5 Å². The van der Waals surface area contributed by atoms with E-state index in [4.69, 9.17) is 4.18 Å². The van der Waals surface area contributed by atoms with Crippen LogP contribution < -0.4 is 13.7 Å². The maximum Gasteiger partial charge on any atom is 0.663 e. The molecule has 1 unspecified atom stereocenters. The number of benzene rings is 2. The Morgan fingerprint density at radius 2 is 1.67 bits per heavy atom. The molecule has 0 aliphatic heterocycles. The molecule has 30 heavy (non-hydrogen) atoms. The second kappa shape index (κ2) is 12.5. The van der Waals surface area contributed by atoms with Gasteiger partial charge in [0.15, 0.2) is 0 Å². The molecule has 0 saturated heterocycles. The highest BCUT2D eigenvalue weighted by Gasteiger charge is 2.40. The van der Waals surface area contributed by atoms with Crippen LogP contribution in [0.15, 0.2) is 54.6 Å². The summed E-state index contributed by atoms with van der Waals surface area (Å²) in [6.07, 6.45) is 3.71. The normalized spacial score (nSPS) is 10.6. The second-order valence-corrected chi connectivity index (χ2v) is 7.59. The van der Waals surface area contributed by atoms with Gasteiger partial charge in [-0.05, 0) is 33.5 Å². The molecule has 0 spiro atoms. The highest BCUT2D eigenvalue weighted by molar-refractivity contribution is 8.02. The van der Waals surface area contributed by atoms with Crippen molar-refractivity contribution in [1.29, 1.82) is 0 Å². The Bertz CT molecular complexity index is 1020.